The van der Waals surface area contributed by atoms with Crippen LogP contribution in [-0.4, -0.2) is 25.7 Å². The lowest BCUT2D eigenvalue weighted by atomic mass is 9.89. The third kappa shape index (κ3) is 4.69. The first-order valence-electron chi connectivity index (χ1n) is 8.29. The van der Waals surface area contributed by atoms with E-state index in [4.69, 9.17) is 21.1 Å². The van der Waals surface area contributed by atoms with Crippen molar-refractivity contribution in [3.8, 4) is 5.75 Å². The van der Waals surface area contributed by atoms with Gasteiger partial charge in [-0.25, -0.2) is 13.6 Å². The molecule has 2 aromatic carbocycles. The number of hydrogen-bond acceptors (Lipinski definition) is 4. The van der Waals surface area contributed by atoms with Crippen LogP contribution < -0.4 is 10.1 Å². The molecule has 0 saturated heterocycles. The third-order valence-electron chi connectivity index (χ3n) is 4.20. The minimum atomic E-state index is -0.866. The summed E-state index contributed by atoms with van der Waals surface area (Å²) < 4.78 is 38.2. The van der Waals surface area contributed by atoms with Gasteiger partial charge in [0.15, 0.2) is 18.2 Å². The van der Waals surface area contributed by atoms with Crippen LogP contribution in [0.15, 0.2) is 30.3 Å². The fourth-order valence-corrected chi connectivity index (χ4v) is 3.26. The molecule has 1 atom stereocenters. The molecule has 8 heteroatoms. The predicted molar refractivity (Wildman–Crippen MR) is 101 cm³/mol. The van der Waals surface area contributed by atoms with Crippen LogP contribution in [-0.2, 0) is 16.0 Å². The molecular formula is C19H19Cl2F2NO3. The first kappa shape index (κ1) is 21.4. The Morgan fingerprint density at radius 3 is 2.78 bits per heavy atom. The monoisotopic (exact) mass is 417 g/mol. The molecule has 1 N–H and O–H groups in total. The van der Waals surface area contributed by atoms with Gasteiger partial charge in [-0.1, -0.05) is 17.7 Å². The van der Waals surface area contributed by atoms with Gasteiger partial charge in [0.2, 0.25) is 0 Å². The normalized spacial score (nSPS) is 15.5. The summed E-state index contributed by atoms with van der Waals surface area (Å²) in [6.45, 7) is 2.20. The van der Waals surface area contributed by atoms with E-state index in [0.29, 0.717) is 40.4 Å². The maximum absolute atomic E-state index is 14.2. The first-order chi connectivity index (χ1) is 12.5. The number of carbonyl (C=O) groups is 1. The second kappa shape index (κ2) is 9.35. The number of ether oxygens (including phenoxy) is 2. The minimum Gasteiger partial charge on any atom is -0.482 e. The van der Waals surface area contributed by atoms with Crippen LogP contribution in [0.3, 0.4) is 0 Å². The number of benzene rings is 2. The topological polar surface area (TPSA) is 47.6 Å². The zero-order valence-electron chi connectivity index (χ0n) is 14.6. The van der Waals surface area contributed by atoms with Crippen molar-refractivity contribution in [2.75, 3.05) is 19.8 Å². The number of halogens is 4. The van der Waals surface area contributed by atoms with Crippen LogP contribution in [0.2, 0.25) is 5.02 Å². The van der Waals surface area contributed by atoms with Crippen molar-refractivity contribution in [2.45, 2.75) is 19.4 Å². The molecule has 0 amide bonds. The molecular weight excluding hydrogens is 399 g/mol. The molecule has 27 heavy (non-hydrogen) atoms. The van der Waals surface area contributed by atoms with Crippen molar-refractivity contribution in [2.24, 2.45) is 0 Å². The zero-order chi connectivity index (χ0) is 18.7. The standard InChI is InChI=1S/C19H18ClF2NO3.ClH/c1-2-25-17(24)10-26-16-6-3-11(20)9-14(16)19-13-4-5-15(21)18(22)12(13)7-8-23-19;/h3-6,9,19,23H,2,7-8,10H2,1H3;1H/t19-;/m0./s1. The summed E-state index contributed by atoms with van der Waals surface area (Å²) in [6.07, 6.45) is 0.384. The smallest absolute Gasteiger partial charge is 0.344 e. The molecule has 1 heterocycles. The van der Waals surface area contributed by atoms with Crippen LogP contribution in [0.4, 0.5) is 8.78 Å². The summed E-state index contributed by atoms with van der Waals surface area (Å²) in [7, 11) is 0. The highest BCUT2D eigenvalue weighted by Crippen LogP contribution is 2.37. The van der Waals surface area contributed by atoms with Gasteiger partial charge in [-0.2, -0.15) is 0 Å². The Kier molecular flexibility index (Phi) is 7.41. The Hall–Kier alpha value is -1.89. The highest BCUT2D eigenvalue weighted by atomic mass is 35.5. The molecule has 0 aliphatic carbocycles. The van der Waals surface area contributed by atoms with Gasteiger partial charge < -0.3 is 14.8 Å². The summed E-state index contributed by atoms with van der Waals surface area (Å²) in [5, 5.41) is 3.75. The molecule has 1 aliphatic rings. The lowest BCUT2D eigenvalue weighted by molar-refractivity contribution is -0.145. The van der Waals surface area contributed by atoms with Gasteiger partial charge in [0.1, 0.15) is 5.75 Å². The van der Waals surface area contributed by atoms with E-state index in [0.717, 1.165) is 6.07 Å². The Labute approximate surface area is 167 Å². The molecule has 146 valence electrons. The van der Waals surface area contributed by atoms with Crippen molar-refractivity contribution in [3.05, 3.63) is 63.7 Å². The van der Waals surface area contributed by atoms with E-state index in [2.05, 4.69) is 5.32 Å². The van der Waals surface area contributed by atoms with Crippen LogP contribution in [0.1, 0.15) is 29.7 Å². The molecule has 0 saturated carbocycles. The maximum atomic E-state index is 14.2. The van der Waals surface area contributed by atoms with Gasteiger partial charge in [0.05, 0.1) is 12.6 Å². The predicted octanol–water partition coefficient (Wildman–Crippen LogP) is 4.22. The van der Waals surface area contributed by atoms with E-state index in [1.807, 2.05) is 0 Å². The second-order valence-corrected chi connectivity index (χ2v) is 6.28. The van der Waals surface area contributed by atoms with Crippen molar-refractivity contribution in [1.82, 2.24) is 5.32 Å². The van der Waals surface area contributed by atoms with Crippen molar-refractivity contribution >= 4 is 30.0 Å². The Bertz CT molecular complexity index is 833. The van der Waals surface area contributed by atoms with Gasteiger partial charge in [-0.3, -0.25) is 0 Å². The summed E-state index contributed by atoms with van der Waals surface area (Å²) in [5.74, 6) is -1.75. The lowest BCUT2D eigenvalue weighted by Gasteiger charge is -2.29. The molecule has 1 aliphatic heterocycles. The molecule has 0 bridgehead atoms. The van der Waals surface area contributed by atoms with Gasteiger partial charge >= 0.3 is 5.97 Å². The molecule has 0 unspecified atom stereocenters. The fraction of sp³-hybridized carbons (Fsp3) is 0.316. The average molecular weight is 418 g/mol. The average Bonchev–Trinajstić information content (AvgIpc) is 2.63. The van der Waals surface area contributed by atoms with Crippen LogP contribution in [0.5, 0.6) is 5.75 Å². The maximum Gasteiger partial charge on any atom is 0.344 e. The van der Waals surface area contributed by atoms with Crippen molar-refractivity contribution in [3.63, 3.8) is 0 Å². The highest BCUT2D eigenvalue weighted by molar-refractivity contribution is 6.30. The van der Waals surface area contributed by atoms with E-state index in [1.54, 1.807) is 31.2 Å². The van der Waals surface area contributed by atoms with Crippen LogP contribution in [0.25, 0.3) is 0 Å². The van der Waals surface area contributed by atoms with Crippen LogP contribution in [0, 0.1) is 11.6 Å². The van der Waals surface area contributed by atoms with Crippen molar-refractivity contribution in [1.29, 1.82) is 0 Å². The Morgan fingerprint density at radius 1 is 1.26 bits per heavy atom. The SMILES string of the molecule is CCOC(=O)COc1ccc(Cl)cc1[C@H]1NCCc2c1ccc(F)c2F.Cl. The number of hydrogen-bond donors (Lipinski definition) is 1. The van der Waals surface area contributed by atoms with Gasteiger partial charge in [0.25, 0.3) is 0 Å². The molecule has 2 aromatic rings. The fourth-order valence-electron chi connectivity index (χ4n) is 3.08. The van der Waals surface area contributed by atoms with E-state index in [9.17, 15) is 13.6 Å². The quantitative estimate of drug-likeness (QED) is 0.739. The lowest BCUT2D eigenvalue weighted by Crippen LogP contribution is -2.32. The second-order valence-electron chi connectivity index (χ2n) is 5.84. The molecule has 4 nitrogen and oxygen atoms in total. The molecule has 0 fully saturated rings. The molecule has 0 spiro atoms. The molecule has 0 aromatic heterocycles. The molecule has 0 radical (unpaired) electrons. The summed E-state index contributed by atoms with van der Waals surface area (Å²) >= 11 is 6.12. The zero-order valence-corrected chi connectivity index (χ0v) is 16.1. The Balaban J connectivity index is 0.00000261. The van der Waals surface area contributed by atoms with E-state index < -0.39 is 23.6 Å². The van der Waals surface area contributed by atoms with E-state index in [1.165, 1.54) is 0 Å². The summed E-state index contributed by atoms with van der Waals surface area (Å²) in [4.78, 5) is 11.6. The third-order valence-corrected chi connectivity index (χ3v) is 4.44. The van der Waals surface area contributed by atoms with Crippen LogP contribution >= 0.6 is 24.0 Å². The summed E-state index contributed by atoms with van der Waals surface area (Å²) in [5.41, 5.74) is 1.61. The number of fused-ring (bicyclic) bond motifs is 1. The van der Waals surface area contributed by atoms with Gasteiger partial charge in [-0.15, -0.1) is 12.4 Å². The minimum absolute atomic E-state index is 0. The number of carbonyl (C=O) groups excluding carboxylic acids is 1. The number of rotatable bonds is 5. The van der Waals surface area contributed by atoms with E-state index in [-0.39, 0.29) is 25.6 Å². The number of nitrogens with one attached hydrogen (secondary N) is 1. The van der Waals surface area contributed by atoms with E-state index >= 15 is 0 Å². The first-order valence-corrected chi connectivity index (χ1v) is 8.67. The molecule has 3 rings (SSSR count). The Morgan fingerprint density at radius 2 is 2.04 bits per heavy atom. The van der Waals surface area contributed by atoms with Crippen molar-refractivity contribution < 1.29 is 23.0 Å². The van der Waals surface area contributed by atoms with Gasteiger partial charge in [-0.05, 0) is 48.7 Å². The number of esters is 1. The highest BCUT2D eigenvalue weighted by Gasteiger charge is 2.27. The van der Waals surface area contributed by atoms with Gasteiger partial charge in [0, 0.05) is 17.1 Å². The summed E-state index contributed by atoms with van der Waals surface area (Å²) in [6, 6.07) is 7.21. The largest absolute Gasteiger partial charge is 0.482 e.